The van der Waals surface area contributed by atoms with Crippen molar-refractivity contribution in [1.29, 1.82) is 0 Å². The Kier molecular flexibility index (Phi) is 4.87. The minimum absolute atomic E-state index is 0.115. The molecule has 4 heterocycles. The van der Waals surface area contributed by atoms with Crippen LogP contribution in [0.15, 0.2) is 35.2 Å². The Hall–Kier alpha value is -2.77. The van der Waals surface area contributed by atoms with Gasteiger partial charge in [-0.2, -0.15) is 0 Å². The van der Waals surface area contributed by atoms with Crippen LogP contribution >= 0.6 is 0 Å². The van der Waals surface area contributed by atoms with Gasteiger partial charge in [0.15, 0.2) is 0 Å². The van der Waals surface area contributed by atoms with Gasteiger partial charge in [-0.25, -0.2) is 4.79 Å². The second-order valence-corrected chi connectivity index (χ2v) is 7.51. The van der Waals surface area contributed by atoms with Gasteiger partial charge in [0.2, 0.25) is 0 Å². The predicted molar refractivity (Wildman–Crippen MR) is 103 cm³/mol. The van der Waals surface area contributed by atoms with Gasteiger partial charge in [0.25, 0.3) is 11.8 Å². The highest BCUT2D eigenvalue weighted by molar-refractivity contribution is 6.33. The summed E-state index contributed by atoms with van der Waals surface area (Å²) in [5.41, 5.74) is 5.07. The van der Waals surface area contributed by atoms with Gasteiger partial charge in [-0.05, 0) is 62.2 Å². The molecule has 2 amide bonds. The molecule has 0 N–H and O–H groups in total. The minimum Gasteiger partial charge on any atom is -0.392 e. The van der Waals surface area contributed by atoms with Crippen molar-refractivity contribution in [2.45, 2.75) is 58.4 Å². The van der Waals surface area contributed by atoms with Crippen LogP contribution in [0, 0.1) is 0 Å². The SMILES string of the molecule is CC1=C(C)C(CCCCC(=O)ON2C(=O)CCC2=O)N2[B]n3cccc3C=C12. The van der Waals surface area contributed by atoms with E-state index in [0.717, 1.165) is 12.8 Å². The van der Waals surface area contributed by atoms with E-state index in [9.17, 15) is 14.4 Å². The van der Waals surface area contributed by atoms with Crippen LogP contribution in [0.2, 0.25) is 0 Å². The number of unbranched alkanes of at least 4 members (excludes halogenated alkanes) is 1. The predicted octanol–water partition coefficient (Wildman–Crippen LogP) is 2.41. The molecule has 4 rings (SSSR count). The number of carbonyl (C=O) groups is 3. The second-order valence-electron chi connectivity index (χ2n) is 7.51. The molecule has 0 aliphatic carbocycles. The molecule has 1 unspecified atom stereocenters. The number of rotatable bonds is 6. The van der Waals surface area contributed by atoms with Gasteiger partial charge in [0.05, 0.1) is 0 Å². The largest absolute Gasteiger partial charge is 0.396 e. The van der Waals surface area contributed by atoms with E-state index in [2.05, 4.69) is 42.8 Å². The van der Waals surface area contributed by atoms with Gasteiger partial charge in [-0.3, -0.25) is 9.59 Å². The molecule has 0 spiro atoms. The quantitative estimate of drug-likeness (QED) is 0.431. The monoisotopic (exact) mass is 380 g/mol. The van der Waals surface area contributed by atoms with Gasteiger partial charge in [0.1, 0.15) is 0 Å². The standard InChI is InChI=1S/C20H23BN3O4/c1-13-14(2)17-12-15-6-5-11-22(15)21-23(17)16(13)7-3-4-8-20(27)28-24-18(25)9-10-19(24)26/h5-6,11-12,16H,3-4,7-10H2,1-2H3. The fourth-order valence-corrected chi connectivity index (χ4v) is 4.02. The Balaban J connectivity index is 1.29. The number of hydrogen-bond acceptors (Lipinski definition) is 5. The van der Waals surface area contributed by atoms with E-state index < -0.39 is 17.8 Å². The van der Waals surface area contributed by atoms with Crippen LogP contribution in [0.1, 0.15) is 58.1 Å². The Morgan fingerprint density at radius 1 is 1.21 bits per heavy atom. The van der Waals surface area contributed by atoms with E-state index in [1.54, 1.807) is 0 Å². The summed E-state index contributed by atoms with van der Waals surface area (Å²) in [6.45, 7) is 4.32. The van der Waals surface area contributed by atoms with Crippen LogP contribution in [0.25, 0.3) is 6.08 Å². The minimum atomic E-state index is -0.527. The number of fused-ring (bicyclic) bond motifs is 2. The molecule has 7 nitrogen and oxygen atoms in total. The average molecular weight is 380 g/mol. The lowest BCUT2D eigenvalue weighted by Gasteiger charge is -2.32. The summed E-state index contributed by atoms with van der Waals surface area (Å²) in [6.07, 6.45) is 7.10. The zero-order chi connectivity index (χ0) is 19.8. The van der Waals surface area contributed by atoms with Crippen LogP contribution in [-0.2, 0) is 19.2 Å². The van der Waals surface area contributed by atoms with Crippen molar-refractivity contribution in [2.24, 2.45) is 0 Å². The number of carbonyl (C=O) groups excluding carboxylic acids is 3. The first kappa shape index (κ1) is 18.6. The van der Waals surface area contributed by atoms with Crippen molar-refractivity contribution in [3.63, 3.8) is 0 Å². The zero-order valence-electron chi connectivity index (χ0n) is 16.2. The first-order chi connectivity index (χ1) is 13.5. The molecule has 1 aromatic rings. The van der Waals surface area contributed by atoms with Crippen LogP contribution in [-0.4, -0.2) is 45.7 Å². The maximum absolute atomic E-state index is 11.9. The molecule has 1 aromatic heterocycles. The van der Waals surface area contributed by atoms with Crippen LogP contribution < -0.4 is 0 Å². The van der Waals surface area contributed by atoms with Gasteiger partial charge < -0.3 is 14.1 Å². The highest BCUT2D eigenvalue weighted by Gasteiger charge is 2.35. The Morgan fingerprint density at radius 2 is 1.96 bits per heavy atom. The summed E-state index contributed by atoms with van der Waals surface area (Å²) in [7, 11) is 2.13. The maximum atomic E-state index is 11.9. The fourth-order valence-electron chi connectivity index (χ4n) is 4.02. The van der Waals surface area contributed by atoms with Crippen molar-refractivity contribution < 1.29 is 19.2 Å². The Morgan fingerprint density at radius 3 is 2.71 bits per heavy atom. The first-order valence-corrected chi connectivity index (χ1v) is 9.72. The molecule has 1 atom stereocenters. The Labute approximate surface area is 164 Å². The lowest BCUT2D eigenvalue weighted by molar-refractivity contribution is -0.197. The third-order valence-electron chi connectivity index (χ3n) is 5.74. The van der Waals surface area contributed by atoms with Crippen LogP contribution in [0.5, 0.6) is 0 Å². The number of aromatic nitrogens is 1. The molecule has 0 saturated carbocycles. The van der Waals surface area contributed by atoms with Crippen molar-refractivity contribution in [1.82, 2.24) is 14.4 Å². The zero-order valence-corrected chi connectivity index (χ0v) is 16.2. The molecule has 1 fully saturated rings. The molecule has 0 bridgehead atoms. The van der Waals surface area contributed by atoms with Gasteiger partial charge in [0, 0.05) is 36.7 Å². The number of hydrogen-bond donors (Lipinski definition) is 0. The second kappa shape index (κ2) is 7.33. The van der Waals surface area contributed by atoms with Crippen LogP contribution in [0.3, 0.4) is 0 Å². The third-order valence-corrected chi connectivity index (χ3v) is 5.74. The van der Waals surface area contributed by atoms with Crippen molar-refractivity contribution in [3.05, 3.63) is 40.9 Å². The lowest BCUT2D eigenvalue weighted by atomic mass is 9.95. The normalized spacial score (nSPS) is 20.9. The highest BCUT2D eigenvalue weighted by Crippen LogP contribution is 2.38. The van der Waals surface area contributed by atoms with E-state index >= 15 is 0 Å². The maximum Gasteiger partial charge on any atom is 0.396 e. The summed E-state index contributed by atoms with van der Waals surface area (Å²) < 4.78 is 2.11. The molecule has 8 heteroatoms. The van der Waals surface area contributed by atoms with E-state index in [0.29, 0.717) is 11.5 Å². The number of imide groups is 1. The molecular formula is C20H23BN3O4. The lowest BCUT2D eigenvalue weighted by Crippen LogP contribution is -2.39. The van der Waals surface area contributed by atoms with Crippen molar-refractivity contribution in [2.75, 3.05) is 0 Å². The summed E-state index contributed by atoms with van der Waals surface area (Å²) in [5.74, 6) is -1.41. The molecule has 28 heavy (non-hydrogen) atoms. The molecule has 3 aliphatic rings. The molecule has 1 saturated heterocycles. The Bertz CT molecular complexity index is 885. The van der Waals surface area contributed by atoms with E-state index in [-0.39, 0.29) is 25.3 Å². The van der Waals surface area contributed by atoms with E-state index in [1.165, 1.54) is 22.5 Å². The highest BCUT2D eigenvalue weighted by atomic mass is 16.7. The molecule has 1 radical (unpaired) electrons. The van der Waals surface area contributed by atoms with Gasteiger partial charge in [-0.15, -0.1) is 5.06 Å². The number of nitrogens with zero attached hydrogens (tertiary/aromatic N) is 3. The average Bonchev–Trinajstić information content (AvgIpc) is 3.32. The molecule has 3 aliphatic heterocycles. The molecule has 145 valence electrons. The fraction of sp³-hybridized carbons (Fsp3) is 0.450. The van der Waals surface area contributed by atoms with E-state index in [4.69, 9.17) is 4.84 Å². The first-order valence-electron chi connectivity index (χ1n) is 9.72. The number of allylic oxidation sites excluding steroid dienone is 1. The molecular weight excluding hydrogens is 357 g/mol. The number of hydroxylamine groups is 2. The summed E-state index contributed by atoms with van der Waals surface area (Å²) >= 11 is 0. The van der Waals surface area contributed by atoms with Gasteiger partial charge >= 0.3 is 13.5 Å². The summed E-state index contributed by atoms with van der Waals surface area (Å²) in [4.78, 5) is 42.2. The van der Waals surface area contributed by atoms with Crippen molar-refractivity contribution >= 4 is 31.4 Å². The van der Waals surface area contributed by atoms with E-state index in [1.807, 2.05) is 12.3 Å². The van der Waals surface area contributed by atoms with Crippen molar-refractivity contribution in [3.8, 4) is 0 Å². The van der Waals surface area contributed by atoms with Gasteiger partial charge in [-0.1, -0.05) is 6.42 Å². The smallest absolute Gasteiger partial charge is 0.392 e. The summed E-state index contributed by atoms with van der Waals surface area (Å²) in [6, 6.07) is 4.41. The molecule has 0 aromatic carbocycles. The number of amides is 2. The topological polar surface area (TPSA) is 71.8 Å². The summed E-state index contributed by atoms with van der Waals surface area (Å²) in [5, 5.41) is 0.615. The third kappa shape index (κ3) is 3.27. The van der Waals surface area contributed by atoms with Crippen LogP contribution in [0.4, 0.5) is 0 Å².